The van der Waals surface area contributed by atoms with Gasteiger partial charge in [-0.25, -0.2) is 22.9 Å². The number of hydrogen-bond donors (Lipinski definition) is 4. The van der Waals surface area contributed by atoms with Crippen molar-refractivity contribution >= 4 is 33.1 Å². The van der Waals surface area contributed by atoms with Crippen LogP contribution < -0.4 is 10.0 Å². The van der Waals surface area contributed by atoms with Gasteiger partial charge in [-0.15, -0.1) is 0 Å². The van der Waals surface area contributed by atoms with Gasteiger partial charge in [0.15, 0.2) is 5.79 Å². The molecule has 0 amide bonds. The van der Waals surface area contributed by atoms with Crippen molar-refractivity contribution in [1.82, 2.24) is 19.9 Å². The van der Waals surface area contributed by atoms with Crippen LogP contribution in [0.5, 0.6) is 0 Å². The summed E-state index contributed by atoms with van der Waals surface area (Å²) in [5.41, 5.74) is 6.54. The highest BCUT2D eigenvalue weighted by atomic mass is 32.2. The maximum atomic E-state index is 11.5. The van der Waals surface area contributed by atoms with Crippen molar-refractivity contribution in [3.63, 3.8) is 0 Å². The van der Waals surface area contributed by atoms with E-state index in [1.807, 2.05) is 31.2 Å². The number of nitrogens with one attached hydrogen (secondary N) is 3. The van der Waals surface area contributed by atoms with Gasteiger partial charge in [0.05, 0.1) is 11.8 Å². The van der Waals surface area contributed by atoms with Crippen LogP contribution in [0.4, 0.5) is 0 Å². The Kier molecular flexibility index (Phi) is 5.74. The normalized spacial score (nSPS) is 20.3. The van der Waals surface area contributed by atoms with Crippen LogP contribution in [0.1, 0.15) is 23.7 Å². The number of aliphatic carboxylic acids is 1. The van der Waals surface area contributed by atoms with E-state index < -0.39 is 21.8 Å². The third-order valence-electron chi connectivity index (χ3n) is 6.59. The van der Waals surface area contributed by atoms with Crippen molar-refractivity contribution in [1.29, 1.82) is 0 Å². The maximum Gasteiger partial charge on any atom is 0.338 e. The van der Waals surface area contributed by atoms with Gasteiger partial charge < -0.3 is 15.4 Å². The molecule has 0 saturated heterocycles. The van der Waals surface area contributed by atoms with E-state index in [0.717, 1.165) is 46.8 Å². The quantitative estimate of drug-likeness (QED) is 0.418. The molecule has 3 aromatic rings. The zero-order valence-electron chi connectivity index (χ0n) is 19.5. The van der Waals surface area contributed by atoms with Crippen LogP contribution >= 0.6 is 0 Å². The molecule has 0 spiro atoms. The minimum absolute atomic E-state index is 0.130. The predicted molar refractivity (Wildman–Crippen MR) is 135 cm³/mol. The lowest BCUT2D eigenvalue weighted by atomic mass is 9.98. The topological polar surface area (TPSA) is 127 Å². The zero-order chi connectivity index (χ0) is 24.8. The lowest BCUT2D eigenvalue weighted by Crippen LogP contribution is -2.56. The van der Waals surface area contributed by atoms with E-state index in [0.29, 0.717) is 6.54 Å². The molecule has 5 rings (SSSR count). The molecular weight excluding hydrogens is 466 g/mol. The van der Waals surface area contributed by atoms with Gasteiger partial charge in [-0.1, -0.05) is 24.3 Å². The van der Waals surface area contributed by atoms with Crippen LogP contribution in [0.25, 0.3) is 22.0 Å². The monoisotopic (exact) mass is 493 g/mol. The summed E-state index contributed by atoms with van der Waals surface area (Å²) in [7, 11) is -3.26. The molecule has 1 atom stereocenters. The third kappa shape index (κ3) is 4.72. The van der Waals surface area contributed by atoms with E-state index in [1.165, 1.54) is 23.7 Å². The molecule has 2 aliphatic rings. The second-order valence-corrected chi connectivity index (χ2v) is 11.0. The van der Waals surface area contributed by atoms with E-state index in [-0.39, 0.29) is 12.1 Å². The summed E-state index contributed by atoms with van der Waals surface area (Å²) < 4.78 is 25.5. The number of nitrogens with zero attached hydrogens (tertiary/aromatic N) is 2. The summed E-state index contributed by atoms with van der Waals surface area (Å²) in [4.78, 5) is 21.5. The third-order valence-corrected chi connectivity index (χ3v) is 7.26. The number of sulfonamides is 1. The first-order valence-corrected chi connectivity index (χ1v) is 13.2. The van der Waals surface area contributed by atoms with Gasteiger partial charge in [-0.2, -0.15) is 0 Å². The van der Waals surface area contributed by atoms with Crippen molar-refractivity contribution in [2.45, 2.75) is 32.2 Å². The minimum Gasteiger partial charge on any atom is -0.478 e. The van der Waals surface area contributed by atoms with Crippen molar-refractivity contribution in [3.8, 4) is 11.1 Å². The Morgan fingerprint density at radius 1 is 1.23 bits per heavy atom. The smallest absolute Gasteiger partial charge is 0.338 e. The molecule has 4 N–H and O–H groups in total. The molecule has 10 heteroatoms. The van der Waals surface area contributed by atoms with Crippen molar-refractivity contribution in [3.05, 3.63) is 71.1 Å². The van der Waals surface area contributed by atoms with Crippen molar-refractivity contribution in [2.24, 2.45) is 4.99 Å². The first-order valence-electron chi connectivity index (χ1n) is 11.3. The molecule has 9 nitrogen and oxygen atoms in total. The zero-order valence-corrected chi connectivity index (χ0v) is 20.3. The lowest BCUT2D eigenvalue weighted by Gasteiger charge is -2.41. The molecule has 0 aliphatic carbocycles. The second kappa shape index (κ2) is 8.63. The molecule has 35 heavy (non-hydrogen) atoms. The highest BCUT2D eigenvalue weighted by Crippen LogP contribution is 2.34. The van der Waals surface area contributed by atoms with E-state index in [1.54, 1.807) is 0 Å². The summed E-state index contributed by atoms with van der Waals surface area (Å²) >= 11 is 0. The molecule has 1 unspecified atom stereocenters. The van der Waals surface area contributed by atoms with Crippen molar-refractivity contribution < 1.29 is 18.3 Å². The van der Waals surface area contributed by atoms with Gasteiger partial charge in [0.1, 0.15) is 0 Å². The van der Waals surface area contributed by atoms with Gasteiger partial charge in [-0.3, -0.25) is 4.90 Å². The molecule has 0 saturated carbocycles. The number of carbonyl (C=O) groups is 1. The highest BCUT2D eigenvalue weighted by Gasteiger charge is 2.35. The van der Waals surface area contributed by atoms with Gasteiger partial charge in [0.2, 0.25) is 10.0 Å². The molecular formula is C25H27N5O4S. The highest BCUT2D eigenvalue weighted by molar-refractivity contribution is 7.88. The van der Waals surface area contributed by atoms with Crippen LogP contribution in [0.2, 0.25) is 0 Å². The van der Waals surface area contributed by atoms with Gasteiger partial charge in [0.25, 0.3) is 0 Å². The molecule has 0 radical (unpaired) electrons. The number of aliphatic imine (C=N–C) groups is 1. The fourth-order valence-corrected chi connectivity index (χ4v) is 5.04. The second-order valence-electron chi connectivity index (χ2n) is 9.14. The summed E-state index contributed by atoms with van der Waals surface area (Å²) in [6.45, 7) is 3.63. The van der Waals surface area contributed by atoms with Crippen LogP contribution in [-0.4, -0.2) is 54.2 Å². The van der Waals surface area contributed by atoms with Crippen LogP contribution in [0.3, 0.4) is 0 Å². The molecule has 182 valence electrons. The van der Waals surface area contributed by atoms with Crippen molar-refractivity contribution in [2.75, 3.05) is 12.8 Å². The standard InChI is InChI=1S/C25H27N5O4S/c1-25(26-13-19(14-27-25)24(31)32)30-9-8-23-21(15-30)20-11-18(6-7-22(20)29-23)17-5-3-4-16(10-17)12-28-35(2,33)34/h3-7,10-11,13-14,26,28-29H,8-9,12,15H2,1-2H3,(H,31,32). The van der Waals surface area contributed by atoms with E-state index >= 15 is 0 Å². The largest absolute Gasteiger partial charge is 0.478 e. The number of benzene rings is 2. The summed E-state index contributed by atoms with van der Waals surface area (Å²) in [5.74, 6) is -1.73. The molecule has 1 aromatic heterocycles. The van der Waals surface area contributed by atoms with Crippen LogP contribution in [-0.2, 0) is 34.3 Å². The SMILES string of the molecule is CC1(N2CCc3[nH]c4ccc(-c5cccc(CNS(C)(=O)=O)c5)cc4c3C2)N=CC(C(=O)O)=CN1. The molecule has 3 heterocycles. The first kappa shape index (κ1) is 23.3. The number of carboxylic acid groups (broad SMARTS) is 1. The Labute approximate surface area is 203 Å². The van der Waals surface area contributed by atoms with Crippen LogP contribution in [0, 0.1) is 0 Å². The minimum atomic E-state index is -3.26. The van der Waals surface area contributed by atoms with E-state index in [4.69, 9.17) is 0 Å². The number of fused-ring (bicyclic) bond motifs is 3. The number of H-pyrrole nitrogens is 1. The number of carboxylic acids is 1. The Morgan fingerprint density at radius 3 is 2.74 bits per heavy atom. The van der Waals surface area contributed by atoms with Gasteiger partial charge >= 0.3 is 5.97 Å². The van der Waals surface area contributed by atoms with Crippen LogP contribution in [0.15, 0.2) is 59.2 Å². The van der Waals surface area contributed by atoms with Gasteiger partial charge in [-0.05, 0) is 47.4 Å². The Balaban J connectivity index is 1.43. The lowest BCUT2D eigenvalue weighted by molar-refractivity contribution is -0.132. The Morgan fingerprint density at radius 2 is 2.03 bits per heavy atom. The molecule has 0 bridgehead atoms. The molecule has 2 aliphatic heterocycles. The number of aromatic amines is 1. The number of aromatic nitrogens is 1. The predicted octanol–water partition coefficient (Wildman–Crippen LogP) is 2.56. The van der Waals surface area contributed by atoms with E-state index in [9.17, 15) is 18.3 Å². The summed E-state index contributed by atoms with van der Waals surface area (Å²) in [6.07, 6.45) is 4.89. The first-order chi connectivity index (χ1) is 16.6. The average molecular weight is 494 g/mol. The number of rotatable bonds is 6. The molecule has 0 fully saturated rings. The Bertz CT molecular complexity index is 1490. The summed E-state index contributed by atoms with van der Waals surface area (Å²) in [6, 6.07) is 14.2. The summed E-state index contributed by atoms with van der Waals surface area (Å²) in [5, 5.41) is 13.5. The van der Waals surface area contributed by atoms with E-state index in [2.05, 4.69) is 43.1 Å². The fourth-order valence-electron chi connectivity index (χ4n) is 4.61. The number of hydrogen-bond acceptors (Lipinski definition) is 6. The Hall–Kier alpha value is -3.47. The average Bonchev–Trinajstić information content (AvgIpc) is 3.20. The van der Waals surface area contributed by atoms with Gasteiger partial charge in [0, 0.05) is 55.1 Å². The fraction of sp³-hybridized carbons (Fsp3) is 0.280. The molecule has 2 aromatic carbocycles. The maximum absolute atomic E-state index is 11.5.